The summed E-state index contributed by atoms with van der Waals surface area (Å²) in [5, 5.41) is 19.1. The molecule has 0 aliphatic rings. The molecule has 0 atom stereocenters. The Balaban J connectivity index is 1.59. The van der Waals surface area contributed by atoms with Crippen LogP contribution < -0.4 is 26.0 Å². The number of aromatic nitrogens is 5. The molecule has 0 aliphatic carbocycles. The Labute approximate surface area is 225 Å². The van der Waals surface area contributed by atoms with Crippen molar-refractivity contribution in [2.24, 2.45) is 0 Å². The van der Waals surface area contributed by atoms with Crippen molar-refractivity contribution < 1.29 is 9.13 Å². The molecular formula is C27H27FN9OP. The minimum Gasteiger partial charge on any atom is -0.494 e. The molecule has 0 saturated heterocycles. The predicted octanol–water partition coefficient (Wildman–Crippen LogP) is 5.11. The van der Waals surface area contributed by atoms with E-state index in [0.717, 1.165) is 33.6 Å². The average Bonchev–Trinajstić information content (AvgIpc) is 3.41. The lowest BCUT2D eigenvalue weighted by molar-refractivity contribution is 0.413. The highest BCUT2D eigenvalue weighted by atomic mass is 31.1. The molecule has 198 valence electrons. The number of ether oxygens (including phenoxy) is 1. The van der Waals surface area contributed by atoms with Crippen molar-refractivity contribution in [3.05, 3.63) is 66.5 Å². The highest BCUT2D eigenvalue weighted by molar-refractivity contribution is 7.65. The zero-order chi connectivity index (χ0) is 27.5. The Morgan fingerprint density at radius 2 is 1.90 bits per heavy atom. The van der Waals surface area contributed by atoms with E-state index in [-0.39, 0.29) is 17.3 Å². The number of nitrogens with zero attached hydrogens (tertiary/aromatic N) is 4. The van der Waals surface area contributed by atoms with Crippen molar-refractivity contribution in [3.8, 4) is 5.75 Å². The van der Waals surface area contributed by atoms with Crippen molar-refractivity contribution >= 4 is 70.2 Å². The first-order chi connectivity index (χ1) is 18.9. The molecule has 0 amide bonds. The molecule has 12 heteroatoms. The van der Waals surface area contributed by atoms with Gasteiger partial charge in [0.05, 0.1) is 29.2 Å². The van der Waals surface area contributed by atoms with E-state index in [2.05, 4.69) is 49.2 Å². The lowest BCUT2D eigenvalue weighted by Gasteiger charge is -2.18. The van der Waals surface area contributed by atoms with Crippen LogP contribution in [0, 0.1) is 11.2 Å². The van der Waals surface area contributed by atoms with Crippen LogP contribution in [0.15, 0.2) is 55.1 Å². The Kier molecular flexibility index (Phi) is 7.33. The normalized spacial score (nSPS) is 11.7. The van der Waals surface area contributed by atoms with Crippen molar-refractivity contribution in [3.63, 3.8) is 0 Å². The maximum atomic E-state index is 14.9. The van der Waals surface area contributed by atoms with Crippen LogP contribution in [0.3, 0.4) is 0 Å². The molecule has 3 heterocycles. The smallest absolute Gasteiger partial charge is 0.231 e. The van der Waals surface area contributed by atoms with Gasteiger partial charge in [0.2, 0.25) is 5.95 Å². The quantitative estimate of drug-likeness (QED) is 0.128. The monoisotopic (exact) mass is 543 g/mol. The number of rotatable bonds is 9. The first kappa shape index (κ1) is 26.0. The van der Waals surface area contributed by atoms with Crippen LogP contribution in [0.25, 0.3) is 27.6 Å². The van der Waals surface area contributed by atoms with Gasteiger partial charge in [-0.05, 0) is 37.6 Å². The summed E-state index contributed by atoms with van der Waals surface area (Å²) in [7, 11) is 2.62. The highest BCUT2D eigenvalue weighted by Gasteiger charge is 2.18. The van der Waals surface area contributed by atoms with E-state index in [1.54, 1.807) is 37.9 Å². The number of anilines is 4. The van der Waals surface area contributed by atoms with Gasteiger partial charge in [0.1, 0.15) is 23.0 Å². The number of hydrogen-bond donors (Lipinski definition) is 5. The van der Waals surface area contributed by atoms with Crippen molar-refractivity contribution in [2.45, 2.75) is 0 Å². The Morgan fingerprint density at radius 3 is 2.64 bits per heavy atom. The van der Waals surface area contributed by atoms with Crippen LogP contribution >= 0.6 is 7.92 Å². The van der Waals surface area contributed by atoms with Crippen LogP contribution in [0.4, 0.5) is 27.5 Å². The Morgan fingerprint density at radius 1 is 1.08 bits per heavy atom. The Bertz CT molecular complexity index is 1720. The zero-order valence-corrected chi connectivity index (χ0v) is 22.7. The zero-order valence-electron chi connectivity index (χ0n) is 21.8. The predicted molar refractivity (Wildman–Crippen MR) is 157 cm³/mol. The minimum absolute atomic E-state index is 0.225. The van der Waals surface area contributed by atoms with Gasteiger partial charge in [0.15, 0.2) is 0 Å². The highest BCUT2D eigenvalue weighted by Crippen LogP contribution is 2.36. The third kappa shape index (κ3) is 5.08. The topological polar surface area (TPSA) is 137 Å². The maximum absolute atomic E-state index is 14.9. The van der Waals surface area contributed by atoms with Crippen LogP contribution in [-0.2, 0) is 0 Å². The van der Waals surface area contributed by atoms with Gasteiger partial charge in [-0.3, -0.25) is 9.97 Å². The van der Waals surface area contributed by atoms with Gasteiger partial charge in [0, 0.05) is 66.2 Å². The fourth-order valence-corrected chi connectivity index (χ4v) is 5.52. The minimum atomic E-state index is -0.529. The number of hydrogen-bond acceptors (Lipinski definition) is 9. The molecule has 5 aromatic rings. The van der Waals surface area contributed by atoms with Crippen LogP contribution in [0.5, 0.6) is 5.75 Å². The fourth-order valence-electron chi connectivity index (χ4n) is 4.31. The summed E-state index contributed by atoms with van der Waals surface area (Å²) in [6.07, 6.45) is 7.81. The summed E-state index contributed by atoms with van der Waals surface area (Å²) in [6, 6.07) is 8.67. The van der Waals surface area contributed by atoms with Crippen molar-refractivity contribution in [1.82, 2.24) is 30.2 Å². The number of fused-ring (bicyclic) bond motifs is 2. The SMILES string of the molecule is CN/C=C(\C=N)c1cc(Nc2nc(Nc3ccc4nccnc4c3P(C)C)c3cc[nH]c3n2)c(OC)cc1F. The molecular weight excluding hydrogens is 516 g/mol. The molecule has 5 rings (SSSR count). The second-order valence-corrected chi connectivity index (χ2v) is 11.0. The third-order valence-corrected chi connectivity index (χ3v) is 7.38. The number of halogens is 1. The lowest BCUT2D eigenvalue weighted by Crippen LogP contribution is -2.12. The standard InChI is InChI=1S/C27H27FN9OP/c1-30-14-15(13-29)17-11-21(22(38-2)12-18(17)28)35-27-36-25-16(7-8-33-25)26(37-27)34-20-6-5-19-23(24(20)39(3)4)32-10-9-31-19/h5-14,29-30H,1-4H3,(H3,33,34,35,36,37)/b15-14+,29-13?. The fraction of sp³-hybridized carbons (Fsp3) is 0.148. The molecule has 2 aromatic carbocycles. The summed E-state index contributed by atoms with van der Waals surface area (Å²) in [5.41, 5.74) is 4.24. The summed E-state index contributed by atoms with van der Waals surface area (Å²) >= 11 is 0. The van der Waals surface area contributed by atoms with E-state index in [4.69, 9.17) is 15.1 Å². The van der Waals surface area contributed by atoms with Crippen molar-refractivity contribution in [1.29, 1.82) is 5.41 Å². The second kappa shape index (κ2) is 11.0. The van der Waals surface area contributed by atoms with Crippen LogP contribution in [0.2, 0.25) is 0 Å². The first-order valence-corrected chi connectivity index (χ1v) is 14.2. The number of methoxy groups -OCH3 is 1. The maximum Gasteiger partial charge on any atom is 0.231 e. The summed E-state index contributed by atoms with van der Waals surface area (Å²) in [5.74, 6) is 0.608. The molecule has 0 aliphatic heterocycles. The van der Waals surface area contributed by atoms with Gasteiger partial charge < -0.3 is 31.1 Å². The average molecular weight is 544 g/mol. The van der Waals surface area contributed by atoms with Gasteiger partial charge in [-0.15, -0.1) is 0 Å². The molecule has 0 fully saturated rings. The molecule has 0 radical (unpaired) electrons. The van der Waals surface area contributed by atoms with Gasteiger partial charge in [-0.25, -0.2) is 4.39 Å². The van der Waals surface area contributed by atoms with Gasteiger partial charge >= 0.3 is 0 Å². The molecule has 39 heavy (non-hydrogen) atoms. The molecule has 5 N–H and O–H groups in total. The Hall–Kier alpha value is -4.63. The lowest BCUT2D eigenvalue weighted by atomic mass is 10.1. The van der Waals surface area contributed by atoms with E-state index in [1.165, 1.54) is 13.2 Å². The molecule has 0 bridgehead atoms. The number of allylic oxidation sites excluding steroid dienone is 1. The molecule has 0 unspecified atom stereocenters. The second-order valence-electron chi connectivity index (χ2n) is 8.73. The van der Waals surface area contributed by atoms with Crippen molar-refractivity contribution in [2.75, 3.05) is 38.1 Å². The van der Waals surface area contributed by atoms with E-state index in [9.17, 15) is 4.39 Å². The number of nitrogens with one attached hydrogen (secondary N) is 5. The number of benzene rings is 2. The van der Waals surface area contributed by atoms with Gasteiger partial charge in [-0.2, -0.15) is 9.97 Å². The number of aromatic amines is 1. The summed E-state index contributed by atoms with van der Waals surface area (Å²) in [6.45, 7) is 4.35. The molecule has 0 saturated carbocycles. The number of H-pyrrole nitrogens is 1. The molecule has 0 spiro atoms. The molecule has 10 nitrogen and oxygen atoms in total. The van der Waals surface area contributed by atoms with Crippen LogP contribution in [0.1, 0.15) is 5.56 Å². The summed E-state index contributed by atoms with van der Waals surface area (Å²) in [4.78, 5) is 21.6. The van der Waals surface area contributed by atoms with Crippen LogP contribution in [-0.4, -0.2) is 58.6 Å². The largest absolute Gasteiger partial charge is 0.494 e. The molecule has 3 aromatic heterocycles. The summed E-state index contributed by atoms with van der Waals surface area (Å²) < 4.78 is 20.3. The van der Waals surface area contributed by atoms with Gasteiger partial charge in [0.25, 0.3) is 0 Å². The van der Waals surface area contributed by atoms with E-state index in [1.807, 2.05) is 18.2 Å². The van der Waals surface area contributed by atoms with Gasteiger partial charge in [-0.1, -0.05) is 7.92 Å². The van der Waals surface area contributed by atoms with E-state index < -0.39 is 13.7 Å². The van der Waals surface area contributed by atoms with E-state index in [0.29, 0.717) is 22.7 Å². The van der Waals surface area contributed by atoms with E-state index >= 15 is 0 Å². The third-order valence-electron chi connectivity index (χ3n) is 6.03. The first-order valence-electron chi connectivity index (χ1n) is 12.0.